The largest absolute Gasteiger partial charge is 0.355 e. The summed E-state index contributed by atoms with van der Waals surface area (Å²) in [6, 6.07) is 3.33. The third kappa shape index (κ3) is 5.81. The van der Waals surface area contributed by atoms with Gasteiger partial charge in [0.25, 0.3) is 0 Å². The van der Waals surface area contributed by atoms with Gasteiger partial charge in [0.2, 0.25) is 23.6 Å². The number of rotatable bonds is 5. The molecule has 1 saturated heterocycles. The van der Waals surface area contributed by atoms with E-state index in [0.29, 0.717) is 5.56 Å². The molecule has 1 aliphatic carbocycles. The molecule has 3 rings (SSSR count). The van der Waals surface area contributed by atoms with Crippen LogP contribution >= 0.6 is 0 Å². The van der Waals surface area contributed by atoms with Crippen LogP contribution in [0.1, 0.15) is 58.4 Å². The van der Waals surface area contributed by atoms with E-state index in [1.807, 2.05) is 20.8 Å². The molecule has 1 saturated carbocycles. The summed E-state index contributed by atoms with van der Waals surface area (Å²) >= 11 is 0. The van der Waals surface area contributed by atoms with E-state index in [4.69, 9.17) is 0 Å². The summed E-state index contributed by atoms with van der Waals surface area (Å²) in [6.07, 6.45) is -0.567. The summed E-state index contributed by atoms with van der Waals surface area (Å²) in [5, 5.41) is 7.85. The van der Waals surface area contributed by atoms with E-state index in [2.05, 4.69) is 16.0 Å². The molecule has 2 aliphatic rings. The van der Waals surface area contributed by atoms with Gasteiger partial charge in [-0.3, -0.25) is 14.4 Å². The van der Waals surface area contributed by atoms with Crippen molar-refractivity contribution in [2.75, 3.05) is 11.9 Å². The molecule has 2 fully saturated rings. The molecule has 0 aromatic heterocycles. The molecule has 9 heteroatoms. The van der Waals surface area contributed by atoms with Crippen LogP contribution in [0.15, 0.2) is 18.2 Å². The first kappa shape index (κ1) is 24.1. The second-order valence-corrected chi connectivity index (χ2v) is 9.82. The third-order valence-electron chi connectivity index (χ3n) is 6.21. The molecule has 2 atom stereocenters. The van der Waals surface area contributed by atoms with Crippen LogP contribution in [0, 0.1) is 17.7 Å². The highest BCUT2D eigenvalue weighted by Gasteiger charge is 2.41. The summed E-state index contributed by atoms with van der Waals surface area (Å²) in [5.74, 6) is -5.67. The van der Waals surface area contributed by atoms with Crippen molar-refractivity contribution in [3.8, 4) is 0 Å². The van der Waals surface area contributed by atoms with Crippen molar-refractivity contribution in [1.82, 2.24) is 10.6 Å². The van der Waals surface area contributed by atoms with Crippen LogP contribution in [-0.4, -0.2) is 36.2 Å². The van der Waals surface area contributed by atoms with Gasteiger partial charge in [-0.15, -0.1) is 0 Å². The monoisotopic (exact) mass is 453 g/mol. The summed E-state index contributed by atoms with van der Waals surface area (Å²) in [4.78, 5) is 37.1. The van der Waals surface area contributed by atoms with Crippen molar-refractivity contribution in [1.29, 1.82) is 0 Å². The molecule has 0 unspecified atom stereocenters. The molecule has 1 heterocycles. The molecule has 1 aliphatic heterocycles. The van der Waals surface area contributed by atoms with E-state index in [-0.39, 0.29) is 50.2 Å². The summed E-state index contributed by atoms with van der Waals surface area (Å²) in [5.41, 5.74) is 0.301. The van der Waals surface area contributed by atoms with Crippen molar-refractivity contribution < 1.29 is 27.6 Å². The predicted octanol–water partition coefficient (Wildman–Crippen LogP) is 3.51. The van der Waals surface area contributed by atoms with Gasteiger partial charge in [-0.1, -0.05) is 26.8 Å². The highest BCUT2D eigenvalue weighted by Crippen LogP contribution is 2.38. The maximum absolute atomic E-state index is 14.5. The van der Waals surface area contributed by atoms with Gasteiger partial charge in [0, 0.05) is 31.5 Å². The minimum Gasteiger partial charge on any atom is -0.355 e. The maximum Gasteiger partial charge on any atom is 0.248 e. The Morgan fingerprint density at radius 1 is 1.19 bits per heavy atom. The Morgan fingerprint density at radius 3 is 2.38 bits per heavy atom. The number of halogens is 3. The maximum atomic E-state index is 14.5. The van der Waals surface area contributed by atoms with Crippen molar-refractivity contribution in [3.05, 3.63) is 29.6 Å². The molecule has 0 radical (unpaired) electrons. The lowest BCUT2D eigenvalue weighted by molar-refractivity contribution is -0.131. The lowest BCUT2D eigenvalue weighted by Crippen LogP contribution is -2.51. The summed E-state index contributed by atoms with van der Waals surface area (Å²) in [7, 11) is 0. The van der Waals surface area contributed by atoms with Crippen LogP contribution in [-0.2, 0) is 19.8 Å². The predicted molar refractivity (Wildman–Crippen MR) is 114 cm³/mol. The lowest BCUT2D eigenvalue weighted by atomic mass is 9.81. The third-order valence-corrected chi connectivity index (χ3v) is 6.21. The number of hydrogen-bond donors (Lipinski definition) is 3. The second-order valence-electron chi connectivity index (χ2n) is 9.82. The van der Waals surface area contributed by atoms with E-state index in [1.165, 1.54) is 6.07 Å². The quantitative estimate of drug-likeness (QED) is 0.638. The van der Waals surface area contributed by atoms with Gasteiger partial charge in [0.1, 0.15) is 11.9 Å². The zero-order valence-corrected chi connectivity index (χ0v) is 18.6. The normalized spacial score (nSPS) is 22.2. The van der Waals surface area contributed by atoms with Crippen LogP contribution in [0.2, 0.25) is 0 Å². The van der Waals surface area contributed by atoms with Gasteiger partial charge in [-0.05, 0) is 41.9 Å². The van der Waals surface area contributed by atoms with Crippen molar-refractivity contribution >= 4 is 23.4 Å². The van der Waals surface area contributed by atoms with Gasteiger partial charge in [0.15, 0.2) is 0 Å². The van der Waals surface area contributed by atoms with Gasteiger partial charge in [-0.25, -0.2) is 13.2 Å². The van der Waals surface area contributed by atoms with E-state index in [1.54, 1.807) is 12.1 Å². The zero-order chi connectivity index (χ0) is 23.7. The van der Waals surface area contributed by atoms with E-state index < -0.39 is 46.8 Å². The van der Waals surface area contributed by atoms with Crippen LogP contribution in [0.25, 0.3) is 0 Å². The summed E-state index contributed by atoms with van der Waals surface area (Å²) < 4.78 is 41.8. The second kappa shape index (κ2) is 9.11. The fourth-order valence-corrected chi connectivity index (χ4v) is 4.28. The highest BCUT2D eigenvalue weighted by molar-refractivity contribution is 5.98. The Bertz CT molecular complexity index is 888. The Morgan fingerprint density at radius 2 is 1.84 bits per heavy atom. The van der Waals surface area contributed by atoms with Gasteiger partial charge in [0.05, 0.1) is 5.92 Å². The minimum absolute atomic E-state index is 0.0163. The lowest BCUT2D eigenvalue weighted by Gasteiger charge is -2.33. The van der Waals surface area contributed by atoms with Crippen LogP contribution < -0.4 is 16.0 Å². The molecular weight excluding hydrogens is 423 g/mol. The number of nitrogens with one attached hydrogen (secondary N) is 3. The Kier molecular flexibility index (Phi) is 6.86. The first-order chi connectivity index (χ1) is 14.9. The molecule has 3 amide bonds. The average Bonchev–Trinajstić information content (AvgIpc) is 3.12. The number of benzene rings is 1. The van der Waals surface area contributed by atoms with E-state index in [0.717, 1.165) is 0 Å². The smallest absolute Gasteiger partial charge is 0.248 e. The fraction of sp³-hybridized carbons (Fsp3) is 0.609. The van der Waals surface area contributed by atoms with Gasteiger partial charge in [-0.2, -0.15) is 0 Å². The van der Waals surface area contributed by atoms with Crippen LogP contribution in [0.5, 0.6) is 0 Å². The first-order valence-electron chi connectivity index (χ1n) is 10.9. The standard InChI is InChI=1S/C23H30F3N3O3/c1-22(2,3)16-5-4-15(11-17(16)24)28-21(32)19(13-6-8-23(25,26)9-7-13)29-20(31)14-10-18(30)27-12-14/h4-5,11,13-14,19H,6-10,12H2,1-3H3,(H,27,30)(H,28,32)(H,29,31)/t14-,19-/m0/s1. The van der Waals surface area contributed by atoms with Crippen LogP contribution in [0.4, 0.5) is 18.9 Å². The number of hydrogen-bond acceptors (Lipinski definition) is 3. The summed E-state index contributed by atoms with van der Waals surface area (Å²) in [6.45, 7) is 5.78. The number of anilines is 1. The molecule has 1 aromatic rings. The van der Waals surface area contributed by atoms with Gasteiger partial charge >= 0.3 is 0 Å². The fourth-order valence-electron chi connectivity index (χ4n) is 4.28. The Hall–Kier alpha value is -2.58. The first-order valence-corrected chi connectivity index (χ1v) is 10.9. The molecule has 0 spiro atoms. The van der Waals surface area contributed by atoms with E-state index in [9.17, 15) is 27.6 Å². The molecule has 3 N–H and O–H groups in total. The van der Waals surface area contributed by atoms with Crippen molar-refractivity contribution in [2.24, 2.45) is 11.8 Å². The number of carbonyl (C=O) groups excluding carboxylic acids is 3. The number of amides is 3. The number of carbonyl (C=O) groups is 3. The highest BCUT2D eigenvalue weighted by atomic mass is 19.3. The molecule has 32 heavy (non-hydrogen) atoms. The molecule has 1 aromatic carbocycles. The van der Waals surface area contributed by atoms with E-state index >= 15 is 0 Å². The molecule has 176 valence electrons. The Balaban J connectivity index is 1.76. The van der Waals surface area contributed by atoms with Crippen molar-refractivity contribution in [3.63, 3.8) is 0 Å². The van der Waals surface area contributed by atoms with Crippen LogP contribution in [0.3, 0.4) is 0 Å². The Labute approximate surface area is 185 Å². The van der Waals surface area contributed by atoms with Crippen molar-refractivity contribution in [2.45, 2.75) is 70.3 Å². The molecular formula is C23H30F3N3O3. The number of alkyl halides is 2. The minimum atomic E-state index is -2.78. The average molecular weight is 454 g/mol. The molecule has 6 nitrogen and oxygen atoms in total. The topological polar surface area (TPSA) is 87.3 Å². The SMILES string of the molecule is CC(C)(C)c1ccc(NC(=O)[C@@H](NC(=O)[C@@H]2CNC(=O)C2)C2CCC(F)(F)CC2)cc1F. The molecule has 0 bridgehead atoms. The zero-order valence-electron chi connectivity index (χ0n) is 18.6. The van der Waals surface area contributed by atoms with Gasteiger partial charge < -0.3 is 16.0 Å².